The van der Waals surface area contributed by atoms with Crippen molar-refractivity contribution in [1.29, 1.82) is 0 Å². The minimum atomic E-state index is -0.165. The van der Waals surface area contributed by atoms with Crippen LogP contribution in [-0.4, -0.2) is 5.11 Å². The van der Waals surface area contributed by atoms with E-state index in [-0.39, 0.29) is 5.41 Å². The molecule has 0 aliphatic heterocycles. The predicted octanol–water partition coefficient (Wildman–Crippen LogP) is 3.92. The summed E-state index contributed by atoms with van der Waals surface area (Å²) >= 11 is 0. The molecule has 3 N–H and O–H groups in total. The molecule has 0 aliphatic rings. The quantitative estimate of drug-likeness (QED) is 0.799. The Balaban J connectivity index is 2.56. The summed E-state index contributed by atoms with van der Waals surface area (Å²) in [7, 11) is 0. The summed E-state index contributed by atoms with van der Waals surface area (Å²) in [6.07, 6.45) is 0. The average Bonchev–Trinajstić information content (AvgIpc) is 2.35. The summed E-state index contributed by atoms with van der Waals surface area (Å²) in [5, 5.41) is 9.66. The van der Waals surface area contributed by atoms with Gasteiger partial charge in [0, 0.05) is 11.1 Å². The van der Waals surface area contributed by atoms with Crippen LogP contribution in [-0.2, 0) is 5.41 Å². The maximum absolute atomic E-state index is 9.66. The van der Waals surface area contributed by atoms with E-state index in [1.54, 1.807) is 6.07 Å². The number of phenols is 1. The summed E-state index contributed by atoms with van der Waals surface area (Å²) in [5.41, 5.74) is 11.2. The second-order valence-electron chi connectivity index (χ2n) is 5.70. The SMILES string of the molecule is Cc1cc(C(C)(C)c2cccc(O)c2)cc(C)c1N. The fourth-order valence-electron chi connectivity index (χ4n) is 2.40. The highest BCUT2D eigenvalue weighted by atomic mass is 16.3. The Morgan fingerprint density at radius 3 is 2.05 bits per heavy atom. The first kappa shape index (κ1) is 13.5. The van der Waals surface area contributed by atoms with Gasteiger partial charge >= 0.3 is 0 Å². The molecule has 0 radical (unpaired) electrons. The van der Waals surface area contributed by atoms with Gasteiger partial charge in [-0.15, -0.1) is 0 Å². The molecule has 0 unspecified atom stereocenters. The first-order valence-electron chi connectivity index (χ1n) is 6.49. The second-order valence-corrected chi connectivity index (χ2v) is 5.70. The van der Waals surface area contributed by atoms with Gasteiger partial charge in [-0.2, -0.15) is 0 Å². The Hall–Kier alpha value is -1.96. The number of rotatable bonds is 2. The van der Waals surface area contributed by atoms with Gasteiger partial charge < -0.3 is 10.8 Å². The highest BCUT2D eigenvalue weighted by Gasteiger charge is 2.24. The van der Waals surface area contributed by atoms with Crippen molar-refractivity contribution in [2.75, 3.05) is 5.73 Å². The zero-order chi connectivity index (χ0) is 14.2. The predicted molar refractivity (Wildman–Crippen MR) is 80.6 cm³/mol. The molecule has 0 heterocycles. The third kappa shape index (κ3) is 2.43. The number of aromatic hydroxyl groups is 1. The van der Waals surface area contributed by atoms with Gasteiger partial charge in [-0.05, 0) is 48.2 Å². The van der Waals surface area contributed by atoms with E-state index in [2.05, 4.69) is 26.0 Å². The van der Waals surface area contributed by atoms with Crippen LogP contribution in [0, 0.1) is 13.8 Å². The van der Waals surface area contributed by atoms with Crippen molar-refractivity contribution in [3.05, 3.63) is 58.7 Å². The number of anilines is 1. The van der Waals surface area contributed by atoms with Crippen molar-refractivity contribution in [3.63, 3.8) is 0 Å². The summed E-state index contributed by atoms with van der Waals surface area (Å²) in [5.74, 6) is 0.300. The zero-order valence-electron chi connectivity index (χ0n) is 12.0. The molecule has 0 amide bonds. The molecule has 0 saturated carbocycles. The van der Waals surface area contributed by atoms with Crippen LogP contribution in [0.2, 0.25) is 0 Å². The van der Waals surface area contributed by atoms with Crippen molar-refractivity contribution in [2.24, 2.45) is 0 Å². The maximum atomic E-state index is 9.66. The molecular formula is C17H21NO. The van der Waals surface area contributed by atoms with Crippen LogP contribution in [0.25, 0.3) is 0 Å². The van der Waals surface area contributed by atoms with Crippen LogP contribution >= 0.6 is 0 Å². The number of hydrogen-bond donors (Lipinski definition) is 2. The smallest absolute Gasteiger partial charge is 0.115 e. The molecule has 19 heavy (non-hydrogen) atoms. The monoisotopic (exact) mass is 255 g/mol. The summed E-state index contributed by atoms with van der Waals surface area (Å²) in [6, 6.07) is 11.7. The fraction of sp³-hybridized carbons (Fsp3) is 0.294. The molecule has 0 bridgehead atoms. The van der Waals surface area contributed by atoms with Crippen LogP contribution < -0.4 is 5.73 Å². The number of hydrogen-bond acceptors (Lipinski definition) is 2. The zero-order valence-corrected chi connectivity index (χ0v) is 12.0. The third-order valence-electron chi connectivity index (χ3n) is 3.88. The second kappa shape index (κ2) is 4.61. The van der Waals surface area contributed by atoms with Gasteiger partial charge in [0.25, 0.3) is 0 Å². The van der Waals surface area contributed by atoms with Gasteiger partial charge in [-0.3, -0.25) is 0 Å². The molecule has 2 heteroatoms. The van der Waals surface area contributed by atoms with E-state index >= 15 is 0 Å². The van der Waals surface area contributed by atoms with Gasteiger partial charge in [0.1, 0.15) is 5.75 Å². The van der Waals surface area contributed by atoms with E-state index in [0.717, 1.165) is 22.4 Å². The molecule has 2 nitrogen and oxygen atoms in total. The van der Waals surface area contributed by atoms with E-state index in [1.807, 2.05) is 32.0 Å². The van der Waals surface area contributed by atoms with E-state index in [0.29, 0.717) is 5.75 Å². The molecule has 0 saturated heterocycles. The Morgan fingerprint density at radius 1 is 0.947 bits per heavy atom. The van der Waals surface area contributed by atoms with Crippen molar-refractivity contribution in [2.45, 2.75) is 33.1 Å². The lowest BCUT2D eigenvalue weighted by atomic mass is 9.77. The molecule has 100 valence electrons. The van der Waals surface area contributed by atoms with Crippen LogP contribution in [0.15, 0.2) is 36.4 Å². The van der Waals surface area contributed by atoms with Crippen molar-refractivity contribution in [3.8, 4) is 5.75 Å². The Morgan fingerprint density at radius 2 is 1.53 bits per heavy atom. The lowest BCUT2D eigenvalue weighted by molar-refractivity contribution is 0.472. The largest absolute Gasteiger partial charge is 0.508 e. The number of nitrogens with two attached hydrogens (primary N) is 1. The lowest BCUT2D eigenvalue weighted by Crippen LogP contribution is -2.19. The highest BCUT2D eigenvalue weighted by Crippen LogP contribution is 2.35. The Bertz CT molecular complexity index is 591. The summed E-state index contributed by atoms with van der Waals surface area (Å²) < 4.78 is 0. The standard InChI is InChI=1S/C17H21NO/c1-11-8-14(9-12(2)16(11)18)17(3,4)13-6-5-7-15(19)10-13/h5-10,19H,18H2,1-4H3. The number of aryl methyl sites for hydroxylation is 2. The average molecular weight is 255 g/mol. The van der Waals surface area contributed by atoms with Crippen LogP contribution in [0.3, 0.4) is 0 Å². The topological polar surface area (TPSA) is 46.2 Å². The molecule has 0 fully saturated rings. The number of benzene rings is 2. The van der Waals surface area contributed by atoms with Gasteiger partial charge in [-0.1, -0.05) is 38.1 Å². The van der Waals surface area contributed by atoms with Crippen molar-refractivity contribution >= 4 is 5.69 Å². The van der Waals surface area contributed by atoms with Gasteiger partial charge in [0.05, 0.1) is 0 Å². The lowest BCUT2D eigenvalue weighted by Gasteiger charge is -2.27. The van der Waals surface area contributed by atoms with Crippen molar-refractivity contribution < 1.29 is 5.11 Å². The molecule has 0 aromatic heterocycles. The van der Waals surface area contributed by atoms with Crippen molar-refractivity contribution in [1.82, 2.24) is 0 Å². The van der Waals surface area contributed by atoms with Crippen LogP contribution in [0.1, 0.15) is 36.1 Å². The van der Waals surface area contributed by atoms with Gasteiger partial charge in [0.2, 0.25) is 0 Å². The molecule has 0 spiro atoms. The summed E-state index contributed by atoms with van der Waals surface area (Å²) in [6.45, 7) is 8.38. The highest BCUT2D eigenvalue weighted by molar-refractivity contribution is 5.56. The maximum Gasteiger partial charge on any atom is 0.115 e. The van der Waals surface area contributed by atoms with Crippen LogP contribution in [0.5, 0.6) is 5.75 Å². The van der Waals surface area contributed by atoms with E-state index in [1.165, 1.54) is 5.56 Å². The number of phenolic OH excluding ortho intramolecular Hbond substituents is 1. The fourth-order valence-corrected chi connectivity index (χ4v) is 2.40. The first-order valence-corrected chi connectivity index (χ1v) is 6.49. The molecule has 0 atom stereocenters. The minimum Gasteiger partial charge on any atom is -0.508 e. The van der Waals surface area contributed by atoms with Gasteiger partial charge in [0.15, 0.2) is 0 Å². The molecule has 2 rings (SSSR count). The van der Waals surface area contributed by atoms with E-state index < -0.39 is 0 Å². The summed E-state index contributed by atoms with van der Waals surface area (Å²) in [4.78, 5) is 0. The van der Waals surface area contributed by atoms with E-state index in [4.69, 9.17) is 5.73 Å². The van der Waals surface area contributed by atoms with Crippen LogP contribution in [0.4, 0.5) is 5.69 Å². The van der Waals surface area contributed by atoms with E-state index in [9.17, 15) is 5.11 Å². The number of nitrogen functional groups attached to an aromatic ring is 1. The molecule has 2 aromatic rings. The molecular weight excluding hydrogens is 234 g/mol. The normalized spacial score (nSPS) is 11.6. The minimum absolute atomic E-state index is 0.165. The van der Waals surface area contributed by atoms with Gasteiger partial charge in [-0.25, -0.2) is 0 Å². The third-order valence-corrected chi connectivity index (χ3v) is 3.88. The Labute approximate surface area is 114 Å². The Kier molecular flexibility index (Phi) is 3.27. The molecule has 0 aliphatic carbocycles. The first-order chi connectivity index (χ1) is 8.82. The molecule has 2 aromatic carbocycles.